The van der Waals surface area contributed by atoms with E-state index < -0.39 is 0 Å². The van der Waals surface area contributed by atoms with Crippen LogP contribution >= 0.6 is 11.3 Å². The fourth-order valence-corrected chi connectivity index (χ4v) is 5.39. The van der Waals surface area contributed by atoms with Gasteiger partial charge in [0.1, 0.15) is 5.75 Å². The van der Waals surface area contributed by atoms with E-state index >= 15 is 0 Å². The highest BCUT2D eigenvalue weighted by Gasteiger charge is 2.47. The normalized spacial score (nSPS) is 22.6. The number of amides is 3. The van der Waals surface area contributed by atoms with Crippen molar-refractivity contribution in [2.24, 2.45) is 11.8 Å². The zero-order valence-corrected chi connectivity index (χ0v) is 17.4. The Balaban J connectivity index is 1.19. The van der Waals surface area contributed by atoms with Gasteiger partial charge in [-0.1, -0.05) is 12.8 Å². The van der Waals surface area contributed by atoms with Gasteiger partial charge in [-0.25, -0.2) is 4.98 Å². The molecule has 1 aromatic carbocycles. The zero-order valence-electron chi connectivity index (χ0n) is 16.6. The molecular formula is C22H23N3O4S. The molecule has 156 valence electrons. The summed E-state index contributed by atoms with van der Waals surface area (Å²) in [6, 6.07) is 6.00. The molecular weight excluding hydrogens is 402 g/mol. The average Bonchev–Trinajstić information content (AvgIpc) is 3.46. The molecule has 3 heterocycles. The summed E-state index contributed by atoms with van der Waals surface area (Å²) in [6.07, 6.45) is 4.55. The number of anilines is 1. The van der Waals surface area contributed by atoms with Crippen molar-refractivity contribution in [3.05, 3.63) is 29.1 Å². The van der Waals surface area contributed by atoms with Crippen LogP contribution in [-0.2, 0) is 20.8 Å². The van der Waals surface area contributed by atoms with Crippen LogP contribution in [0.25, 0.3) is 11.3 Å². The van der Waals surface area contributed by atoms with Gasteiger partial charge >= 0.3 is 0 Å². The van der Waals surface area contributed by atoms with Gasteiger partial charge in [-0.3, -0.25) is 19.3 Å². The second kappa shape index (κ2) is 7.83. The maximum Gasteiger partial charge on any atom is 0.233 e. The second-order valence-electron chi connectivity index (χ2n) is 8.08. The molecule has 2 aliphatic heterocycles. The number of thiazole rings is 1. The van der Waals surface area contributed by atoms with Gasteiger partial charge in [0.05, 0.1) is 24.1 Å². The Bertz CT molecular complexity index is 994. The first-order valence-corrected chi connectivity index (χ1v) is 11.3. The number of nitrogens with one attached hydrogen (secondary N) is 1. The number of ether oxygens (including phenoxy) is 1. The van der Waals surface area contributed by atoms with E-state index in [1.807, 2.05) is 17.5 Å². The van der Waals surface area contributed by atoms with Crippen LogP contribution in [0.15, 0.2) is 23.6 Å². The van der Waals surface area contributed by atoms with E-state index in [4.69, 9.17) is 4.74 Å². The topological polar surface area (TPSA) is 88.6 Å². The van der Waals surface area contributed by atoms with Crippen molar-refractivity contribution < 1.29 is 19.1 Å². The molecule has 0 spiro atoms. The highest BCUT2D eigenvalue weighted by molar-refractivity contribution is 7.14. The Hall–Kier alpha value is -2.74. The predicted octanol–water partition coefficient (Wildman–Crippen LogP) is 3.25. The van der Waals surface area contributed by atoms with Crippen LogP contribution in [-0.4, -0.2) is 40.8 Å². The van der Waals surface area contributed by atoms with Crippen molar-refractivity contribution >= 4 is 34.2 Å². The molecule has 7 nitrogen and oxygen atoms in total. The number of rotatable bonds is 5. The van der Waals surface area contributed by atoms with Crippen LogP contribution in [0, 0.1) is 11.8 Å². The number of carbonyl (C=O) groups is 3. The molecule has 1 N–H and O–H groups in total. The molecule has 1 aliphatic carbocycles. The van der Waals surface area contributed by atoms with E-state index in [1.54, 1.807) is 0 Å². The fraction of sp³-hybridized carbons (Fsp3) is 0.455. The molecule has 2 aromatic rings. The SMILES string of the molecule is O=C(CCN1C(=O)[C@@H]2CCCC[C@H]2C1=O)Nc1nc(-c2ccc3c(c2)CCO3)cs1. The van der Waals surface area contributed by atoms with Gasteiger partial charge < -0.3 is 10.1 Å². The summed E-state index contributed by atoms with van der Waals surface area (Å²) in [4.78, 5) is 43.2. The molecule has 1 saturated heterocycles. The zero-order chi connectivity index (χ0) is 20.7. The monoisotopic (exact) mass is 425 g/mol. The first-order chi connectivity index (χ1) is 14.6. The van der Waals surface area contributed by atoms with Crippen LogP contribution in [0.2, 0.25) is 0 Å². The molecule has 30 heavy (non-hydrogen) atoms. The van der Waals surface area contributed by atoms with E-state index in [-0.39, 0.29) is 42.5 Å². The van der Waals surface area contributed by atoms with E-state index in [2.05, 4.69) is 16.4 Å². The first kappa shape index (κ1) is 19.2. The van der Waals surface area contributed by atoms with Crippen molar-refractivity contribution in [3.63, 3.8) is 0 Å². The van der Waals surface area contributed by atoms with Crippen molar-refractivity contribution in [1.29, 1.82) is 0 Å². The number of carbonyl (C=O) groups excluding carboxylic acids is 3. The molecule has 0 unspecified atom stereocenters. The minimum atomic E-state index is -0.242. The van der Waals surface area contributed by atoms with Crippen molar-refractivity contribution in [2.75, 3.05) is 18.5 Å². The van der Waals surface area contributed by atoms with Gasteiger partial charge in [-0.2, -0.15) is 0 Å². The Morgan fingerprint density at radius 1 is 1.20 bits per heavy atom. The highest BCUT2D eigenvalue weighted by Crippen LogP contribution is 2.38. The molecule has 3 aliphatic rings. The van der Waals surface area contributed by atoms with E-state index in [9.17, 15) is 14.4 Å². The van der Waals surface area contributed by atoms with Crippen molar-refractivity contribution in [2.45, 2.75) is 38.5 Å². The van der Waals surface area contributed by atoms with Crippen LogP contribution in [0.3, 0.4) is 0 Å². The molecule has 8 heteroatoms. The summed E-state index contributed by atoms with van der Waals surface area (Å²) in [6.45, 7) is 0.847. The standard InChI is InChI=1S/C22H23N3O4S/c26-19(7-9-25-20(27)15-3-1-2-4-16(15)21(25)28)24-22-23-17(12-30-22)13-5-6-18-14(11-13)8-10-29-18/h5-6,11-12,15-16H,1-4,7-10H2,(H,23,24,26)/t15-,16-/m1/s1. The number of aromatic nitrogens is 1. The van der Waals surface area contributed by atoms with E-state index in [0.717, 1.165) is 49.1 Å². The third-order valence-corrected chi connectivity index (χ3v) is 6.99. The smallest absolute Gasteiger partial charge is 0.233 e. The first-order valence-electron chi connectivity index (χ1n) is 10.5. The number of nitrogens with zero attached hydrogens (tertiary/aromatic N) is 2. The van der Waals surface area contributed by atoms with E-state index in [0.29, 0.717) is 11.7 Å². The maximum absolute atomic E-state index is 12.5. The summed E-state index contributed by atoms with van der Waals surface area (Å²) in [5, 5.41) is 5.22. The molecule has 1 saturated carbocycles. The molecule has 3 amide bonds. The minimum Gasteiger partial charge on any atom is -0.493 e. The summed E-state index contributed by atoms with van der Waals surface area (Å²) >= 11 is 1.36. The molecule has 5 rings (SSSR count). The number of imide groups is 1. The third kappa shape index (κ3) is 3.49. The van der Waals surface area contributed by atoms with Gasteiger partial charge in [0, 0.05) is 30.3 Å². The Morgan fingerprint density at radius 2 is 1.97 bits per heavy atom. The Kier molecular flexibility index (Phi) is 5.02. The van der Waals surface area contributed by atoms with Gasteiger partial charge in [0.25, 0.3) is 0 Å². The van der Waals surface area contributed by atoms with Crippen molar-refractivity contribution in [3.8, 4) is 17.0 Å². The number of fused-ring (bicyclic) bond motifs is 2. The van der Waals surface area contributed by atoms with Gasteiger partial charge in [0.2, 0.25) is 17.7 Å². The quantitative estimate of drug-likeness (QED) is 0.743. The van der Waals surface area contributed by atoms with E-state index in [1.165, 1.54) is 21.8 Å². The Morgan fingerprint density at radius 3 is 2.73 bits per heavy atom. The molecule has 2 atom stereocenters. The molecule has 2 fully saturated rings. The lowest BCUT2D eigenvalue weighted by Gasteiger charge is -2.19. The van der Waals surface area contributed by atoms with Crippen LogP contribution in [0.5, 0.6) is 5.75 Å². The van der Waals surface area contributed by atoms with Crippen molar-refractivity contribution in [1.82, 2.24) is 9.88 Å². The summed E-state index contributed by atoms with van der Waals surface area (Å²) < 4.78 is 5.54. The number of hydrogen-bond acceptors (Lipinski definition) is 6. The minimum absolute atomic E-state index is 0.0853. The lowest BCUT2D eigenvalue weighted by Crippen LogP contribution is -2.34. The van der Waals surface area contributed by atoms with Gasteiger partial charge in [0.15, 0.2) is 5.13 Å². The second-order valence-corrected chi connectivity index (χ2v) is 8.94. The molecule has 0 bridgehead atoms. The maximum atomic E-state index is 12.5. The van der Waals surface area contributed by atoms with Gasteiger partial charge in [-0.15, -0.1) is 11.3 Å². The fourth-order valence-electron chi connectivity index (χ4n) is 4.66. The largest absolute Gasteiger partial charge is 0.493 e. The lowest BCUT2D eigenvalue weighted by atomic mass is 9.81. The highest BCUT2D eigenvalue weighted by atomic mass is 32.1. The number of likely N-dealkylation sites (tertiary alicyclic amines) is 1. The van der Waals surface area contributed by atoms with Crippen LogP contribution in [0.1, 0.15) is 37.7 Å². The predicted molar refractivity (Wildman–Crippen MR) is 112 cm³/mol. The van der Waals surface area contributed by atoms with Gasteiger partial charge in [-0.05, 0) is 36.6 Å². The molecule has 1 aromatic heterocycles. The van der Waals surface area contributed by atoms with Crippen LogP contribution < -0.4 is 10.1 Å². The van der Waals surface area contributed by atoms with Crippen LogP contribution in [0.4, 0.5) is 5.13 Å². The number of hydrogen-bond donors (Lipinski definition) is 1. The lowest BCUT2D eigenvalue weighted by molar-refractivity contribution is -0.140. The summed E-state index contributed by atoms with van der Waals surface area (Å²) in [5.74, 6) is 0.133. The summed E-state index contributed by atoms with van der Waals surface area (Å²) in [5.41, 5.74) is 2.97. The third-order valence-electron chi connectivity index (χ3n) is 6.23. The Labute approximate surface area is 178 Å². The molecule has 0 radical (unpaired) electrons. The average molecular weight is 426 g/mol. The number of benzene rings is 1. The summed E-state index contributed by atoms with van der Waals surface area (Å²) in [7, 11) is 0.